The highest BCUT2D eigenvalue weighted by Gasteiger charge is 2.18. The monoisotopic (exact) mass is 277 g/mol. The average molecular weight is 277 g/mol. The van der Waals surface area contributed by atoms with E-state index in [9.17, 15) is 8.42 Å². The lowest BCUT2D eigenvalue weighted by atomic mass is 9.97. The van der Waals surface area contributed by atoms with Crippen molar-refractivity contribution in [1.82, 2.24) is 14.5 Å². The third kappa shape index (κ3) is 6.13. The second-order valence-corrected chi connectivity index (χ2v) is 7.40. The molecule has 0 atom stereocenters. The molecule has 108 valence electrons. The lowest BCUT2D eigenvalue weighted by Crippen LogP contribution is -2.39. The number of rotatable bonds is 7. The molecular formula is C12H27N3O2S. The molecule has 1 rings (SSSR count). The molecule has 0 saturated carbocycles. The molecule has 0 spiro atoms. The number of likely N-dealkylation sites (N-methyl/N-ethyl adjacent to an activating group) is 1. The van der Waals surface area contributed by atoms with E-state index in [-0.39, 0.29) is 5.75 Å². The van der Waals surface area contributed by atoms with Gasteiger partial charge in [0.1, 0.15) is 0 Å². The summed E-state index contributed by atoms with van der Waals surface area (Å²) < 4.78 is 25.1. The molecule has 0 aromatic carbocycles. The fourth-order valence-electron chi connectivity index (χ4n) is 2.27. The first-order valence-corrected chi connectivity index (χ1v) is 8.42. The fraction of sp³-hybridized carbons (Fsp3) is 1.00. The van der Waals surface area contributed by atoms with Crippen molar-refractivity contribution in [2.45, 2.75) is 19.8 Å². The standard InChI is InChI=1S/C12H27N3O2S/c1-4-18(16,17)13-7-10-15(3)11-12-5-8-14(2)9-6-12/h12-13H,4-11H2,1-3H3. The lowest BCUT2D eigenvalue weighted by molar-refractivity contribution is 0.177. The van der Waals surface area contributed by atoms with Crippen LogP contribution in [0.3, 0.4) is 0 Å². The quantitative estimate of drug-likeness (QED) is 0.722. The van der Waals surface area contributed by atoms with Gasteiger partial charge >= 0.3 is 0 Å². The zero-order chi connectivity index (χ0) is 13.6. The van der Waals surface area contributed by atoms with Gasteiger partial charge in [0.05, 0.1) is 5.75 Å². The van der Waals surface area contributed by atoms with Crippen molar-refractivity contribution in [1.29, 1.82) is 0 Å². The van der Waals surface area contributed by atoms with Gasteiger partial charge in [-0.15, -0.1) is 0 Å². The topological polar surface area (TPSA) is 52.7 Å². The van der Waals surface area contributed by atoms with Crippen LogP contribution in [-0.2, 0) is 10.0 Å². The van der Waals surface area contributed by atoms with E-state index < -0.39 is 10.0 Å². The molecule has 1 N–H and O–H groups in total. The van der Waals surface area contributed by atoms with E-state index in [2.05, 4.69) is 28.6 Å². The summed E-state index contributed by atoms with van der Waals surface area (Å²) in [6.07, 6.45) is 2.50. The minimum Gasteiger partial charge on any atom is -0.306 e. The first-order chi connectivity index (χ1) is 8.43. The van der Waals surface area contributed by atoms with E-state index in [0.29, 0.717) is 6.54 Å². The van der Waals surface area contributed by atoms with Crippen molar-refractivity contribution in [3.05, 3.63) is 0 Å². The summed E-state index contributed by atoms with van der Waals surface area (Å²) in [5, 5.41) is 0. The number of hydrogen-bond donors (Lipinski definition) is 1. The molecule has 1 fully saturated rings. The Bertz CT molecular complexity index is 324. The van der Waals surface area contributed by atoms with Crippen LogP contribution in [0.15, 0.2) is 0 Å². The van der Waals surface area contributed by atoms with Gasteiger partial charge in [0.15, 0.2) is 0 Å². The van der Waals surface area contributed by atoms with Crippen LogP contribution in [0.1, 0.15) is 19.8 Å². The molecule has 1 aliphatic rings. The maximum atomic E-state index is 11.3. The van der Waals surface area contributed by atoms with Gasteiger partial charge < -0.3 is 9.80 Å². The summed E-state index contributed by atoms with van der Waals surface area (Å²) in [5.41, 5.74) is 0. The van der Waals surface area contributed by atoms with Crippen LogP contribution in [0.2, 0.25) is 0 Å². The van der Waals surface area contributed by atoms with Gasteiger partial charge in [-0.2, -0.15) is 0 Å². The van der Waals surface area contributed by atoms with E-state index in [0.717, 1.165) is 19.0 Å². The number of nitrogens with zero attached hydrogens (tertiary/aromatic N) is 2. The van der Waals surface area contributed by atoms with Gasteiger partial charge in [-0.25, -0.2) is 13.1 Å². The number of nitrogens with one attached hydrogen (secondary N) is 1. The molecule has 1 aliphatic heterocycles. The van der Waals surface area contributed by atoms with Crippen molar-refractivity contribution < 1.29 is 8.42 Å². The normalized spacial score (nSPS) is 19.6. The third-order valence-electron chi connectivity index (χ3n) is 3.60. The molecule has 0 radical (unpaired) electrons. The van der Waals surface area contributed by atoms with Crippen molar-refractivity contribution >= 4 is 10.0 Å². The van der Waals surface area contributed by atoms with Crippen molar-refractivity contribution in [2.75, 3.05) is 52.6 Å². The molecule has 1 saturated heterocycles. The largest absolute Gasteiger partial charge is 0.306 e. The summed E-state index contributed by atoms with van der Waals surface area (Å²) in [7, 11) is 1.20. The Morgan fingerprint density at radius 2 is 1.94 bits per heavy atom. The SMILES string of the molecule is CCS(=O)(=O)NCCN(C)CC1CCN(C)CC1. The van der Waals surface area contributed by atoms with Gasteiger partial charge in [-0.3, -0.25) is 0 Å². The number of likely N-dealkylation sites (tertiary alicyclic amines) is 1. The second-order valence-electron chi connectivity index (χ2n) is 5.31. The van der Waals surface area contributed by atoms with Gasteiger partial charge in [0.2, 0.25) is 10.0 Å². The summed E-state index contributed by atoms with van der Waals surface area (Å²) >= 11 is 0. The molecule has 5 nitrogen and oxygen atoms in total. The van der Waals surface area contributed by atoms with E-state index >= 15 is 0 Å². The first kappa shape index (κ1) is 15.9. The Morgan fingerprint density at radius 1 is 1.33 bits per heavy atom. The molecule has 0 aliphatic carbocycles. The van der Waals surface area contributed by atoms with Crippen molar-refractivity contribution in [2.24, 2.45) is 5.92 Å². The van der Waals surface area contributed by atoms with Crippen molar-refractivity contribution in [3.63, 3.8) is 0 Å². The molecular weight excluding hydrogens is 250 g/mol. The van der Waals surface area contributed by atoms with Gasteiger partial charge in [-0.1, -0.05) is 0 Å². The molecule has 1 heterocycles. The Balaban J connectivity index is 2.16. The number of piperidine rings is 1. The fourth-order valence-corrected chi connectivity index (χ4v) is 2.88. The van der Waals surface area contributed by atoms with Gasteiger partial charge in [0, 0.05) is 19.6 Å². The average Bonchev–Trinajstić information content (AvgIpc) is 2.32. The maximum absolute atomic E-state index is 11.3. The van der Waals surface area contributed by atoms with E-state index in [1.165, 1.54) is 25.9 Å². The molecule has 0 bridgehead atoms. The molecule has 6 heteroatoms. The van der Waals surface area contributed by atoms with Crippen LogP contribution in [0.5, 0.6) is 0 Å². The minimum absolute atomic E-state index is 0.158. The minimum atomic E-state index is -3.04. The molecule has 0 amide bonds. The van der Waals surface area contributed by atoms with Crippen LogP contribution >= 0.6 is 0 Å². The summed E-state index contributed by atoms with van der Waals surface area (Å²) in [4.78, 5) is 4.60. The Kier molecular flexibility index (Phi) is 6.55. The highest BCUT2D eigenvalue weighted by Crippen LogP contribution is 2.16. The Hall–Kier alpha value is -0.170. The van der Waals surface area contributed by atoms with Crippen LogP contribution < -0.4 is 4.72 Å². The highest BCUT2D eigenvalue weighted by molar-refractivity contribution is 7.89. The summed E-state index contributed by atoms with van der Waals surface area (Å²) in [5.74, 6) is 0.917. The lowest BCUT2D eigenvalue weighted by Gasteiger charge is -2.31. The van der Waals surface area contributed by atoms with Crippen LogP contribution in [0, 0.1) is 5.92 Å². The highest BCUT2D eigenvalue weighted by atomic mass is 32.2. The predicted molar refractivity (Wildman–Crippen MR) is 75.2 cm³/mol. The smallest absolute Gasteiger partial charge is 0.211 e. The Morgan fingerprint density at radius 3 is 2.50 bits per heavy atom. The molecule has 18 heavy (non-hydrogen) atoms. The number of hydrogen-bond acceptors (Lipinski definition) is 4. The van der Waals surface area contributed by atoms with Gasteiger partial charge in [-0.05, 0) is 52.9 Å². The first-order valence-electron chi connectivity index (χ1n) is 6.77. The van der Waals surface area contributed by atoms with E-state index in [1.54, 1.807) is 6.92 Å². The maximum Gasteiger partial charge on any atom is 0.211 e. The molecule has 0 aromatic rings. The van der Waals surface area contributed by atoms with E-state index in [4.69, 9.17) is 0 Å². The molecule has 0 aromatic heterocycles. The summed E-state index contributed by atoms with van der Waals surface area (Å²) in [6, 6.07) is 0. The zero-order valence-corrected chi connectivity index (χ0v) is 12.7. The van der Waals surface area contributed by atoms with Crippen LogP contribution in [0.25, 0.3) is 0 Å². The third-order valence-corrected chi connectivity index (χ3v) is 5.01. The van der Waals surface area contributed by atoms with E-state index in [1.807, 2.05) is 0 Å². The predicted octanol–water partition coefficient (Wildman–Crippen LogP) is 0.199. The second kappa shape index (κ2) is 7.43. The summed E-state index contributed by atoms with van der Waals surface area (Å²) in [6.45, 7) is 6.39. The molecule has 0 unspecified atom stereocenters. The van der Waals surface area contributed by atoms with Crippen molar-refractivity contribution in [3.8, 4) is 0 Å². The number of sulfonamides is 1. The van der Waals surface area contributed by atoms with Crippen LogP contribution in [0.4, 0.5) is 0 Å². The zero-order valence-electron chi connectivity index (χ0n) is 11.9. The van der Waals surface area contributed by atoms with Gasteiger partial charge in [0.25, 0.3) is 0 Å². The Labute approximate surface area is 112 Å². The van der Waals surface area contributed by atoms with Crippen LogP contribution in [-0.4, -0.2) is 70.8 Å².